The van der Waals surface area contributed by atoms with Gasteiger partial charge in [0.1, 0.15) is 11.6 Å². The third kappa shape index (κ3) is 2.54. The highest BCUT2D eigenvalue weighted by Crippen LogP contribution is 2.25. The summed E-state index contributed by atoms with van der Waals surface area (Å²) in [5.74, 6) is 1.10. The van der Waals surface area contributed by atoms with Crippen LogP contribution in [-0.2, 0) is 12.8 Å². The van der Waals surface area contributed by atoms with Gasteiger partial charge in [0.15, 0.2) is 0 Å². The molecule has 0 saturated heterocycles. The van der Waals surface area contributed by atoms with Crippen LogP contribution in [0.2, 0.25) is 0 Å². The van der Waals surface area contributed by atoms with Crippen molar-refractivity contribution in [2.24, 2.45) is 0 Å². The molecule has 1 heterocycles. The lowest BCUT2D eigenvalue weighted by atomic mass is 10.1. The second-order valence-corrected chi connectivity index (χ2v) is 5.30. The molecule has 2 aromatic carbocycles. The van der Waals surface area contributed by atoms with E-state index in [9.17, 15) is 4.39 Å². The van der Waals surface area contributed by atoms with Crippen molar-refractivity contribution in [3.63, 3.8) is 0 Å². The highest BCUT2D eigenvalue weighted by atomic mass is 35.5. The number of rotatable bonds is 4. The molecular formula is C17H16ClFN2. The van der Waals surface area contributed by atoms with Gasteiger partial charge in [0, 0.05) is 18.4 Å². The van der Waals surface area contributed by atoms with Gasteiger partial charge >= 0.3 is 0 Å². The molecule has 0 saturated carbocycles. The summed E-state index contributed by atoms with van der Waals surface area (Å²) in [6.07, 6.45) is 1.56. The van der Waals surface area contributed by atoms with Gasteiger partial charge in [-0.25, -0.2) is 9.37 Å². The number of aryl methyl sites for hydroxylation is 2. The van der Waals surface area contributed by atoms with Crippen LogP contribution in [0.1, 0.15) is 18.3 Å². The second-order valence-electron chi connectivity index (χ2n) is 4.92. The second kappa shape index (κ2) is 5.86. The minimum Gasteiger partial charge on any atom is -0.296 e. The van der Waals surface area contributed by atoms with Crippen molar-refractivity contribution in [2.75, 3.05) is 5.88 Å². The molecule has 0 atom stereocenters. The number of nitrogens with zero attached hydrogens (tertiary/aromatic N) is 2. The largest absolute Gasteiger partial charge is 0.296 e. The average molecular weight is 303 g/mol. The van der Waals surface area contributed by atoms with E-state index in [1.165, 1.54) is 17.7 Å². The standard InChI is InChI=1S/C17H16ClFN2/c1-2-12-5-3-4-6-15(12)21-16-11-13(19)7-8-14(16)20-17(21)9-10-18/h3-8,11H,2,9-10H2,1H3. The van der Waals surface area contributed by atoms with E-state index in [-0.39, 0.29) is 5.82 Å². The van der Waals surface area contributed by atoms with Crippen LogP contribution in [0.25, 0.3) is 16.7 Å². The molecule has 0 aliphatic carbocycles. The number of hydrogen-bond acceptors (Lipinski definition) is 1. The maximum atomic E-state index is 13.6. The molecule has 0 aliphatic rings. The number of benzene rings is 2. The quantitative estimate of drug-likeness (QED) is 0.648. The van der Waals surface area contributed by atoms with E-state index < -0.39 is 0 Å². The molecule has 0 bridgehead atoms. The topological polar surface area (TPSA) is 17.8 Å². The molecule has 2 nitrogen and oxygen atoms in total. The van der Waals surface area contributed by atoms with Crippen LogP contribution in [0, 0.1) is 5.82 Å². The van der Waals surface area contributed by atoms with E-state index in [0.717, 1.165) is 29.0 Å². The molecule has 3 aromatic rings. The van der Waals surface area contributed by atoms with Crippen LogP contribution < -0.4 is 0 Å². The lowest BCUT2D eigenvalue weighted by molar-refractivity contribution is 0.629. The van der Waals surface area contributed by atoms with Crippen molar-refractivity contribution < 1.29 is 4.39 Å². The highest BCUT2D eigenvalue weighted by Gasteiger charge is 2.14. The summed E-state index contributed by atoms with van der Waals surface area (Å²) in [5.41, 5.74) is 3.84. The monoisotopic (exact) mass is 302 g/mol. The molecule has 0 unspecified atom stereocenters. The smallest absolute Gasteiger partial charge is 0.125 e. The Morgan fingerprint density at radius 2 is 2.00 bits per heavy atom. The fourth-order valence-electron chi connectivity index (χ4n) is 2.65. The normalized spacial score (nSPS) is 11.2. The summed E-state index contributed by atoms with van der Waals surface area (Å²) in [4.78, 5) is 4.61. The van der Waals surface area contributed by atoms with Gasteiger partial charge in [0.25, 0.3) is 0 Å². The molecule has 0 fully saturated rings. The molecule has 21 heavy (non-hydrogen) atoms. The van der Waals surface area contributed by atoms with E-state index in [1.54, 1.807) is 6.07 Å². The first-order valence-electron chi connectivity index (χ1n) is 7.05. The summed E-state index contributed by atoms with van der Waals surface area (Å²) in [6.45, 7) is 2.11. The van der Waals surface area contributed by atoms with Crippen LogP contribution in [0.4, 0.5) is 4.39 Å². The number of halogens is 2. The van der Waals surface area contributed by atoms with Crippen molar-refractivity contribution in [3.05, 3.63) is 59.7 Å². The lowest BCUT2D eigenvalue weighted by Gasteiger charge is -2.13. The maximum Gasteiger partial charge on any atom is 0.125 e. The summed E-state index contributed by atoms with van der Waals surface area (Å²) < 4.78 is 15.7. The van der Waals surface area contributed by atoms with Crippen molar-refractivity contribution in [1.82, 2.24) is 9.55 Å². The minimum atomic E-state index is -0.255. The molecule has 0 N–H and O–H groups in total. The first kappa shape index (κ1) is 14.1. The fourth-order valence-corrected chi connectivity index (χ4v) is 2.82. The Morgan fingerprint density at radius 1 is 1.19 bits per heavy atom. The number of alkyl halides is 1. The predicted molar refractivity (Wildman–Crippen MR) is 84.8 cm³/mol. The number of hydrogen-bond donors (Lipinski definition) is 0. The van der Waals surface area contributed by atoms with Crippen molar-refractivity contribution in [3.8, 4) is 5.69 Å². The van der Waals surface area contributed by atoms with Gasteiger partial charge in [-0.3, -0.25) is 4.57 Å². The van der Waals surface area contributed by atoms with Crippen LogP contribution in [0.3, 0.4) is 0 Å². The Balaban J connectivity index is 2.32. The van der Waals surface area contributed by atoms with E-state index in [4.69, 9.17) is 11.6 Å². The Bertz CT molecular complexity index is 780. The molecule has 1 aromatic heterocycles. The van der Waals surface area contributed by atoms with Crippen molar-refractivity contribution in [1.29, 1.82) is 0 Å². The molecule has 0 amide bonds. The summed E-state index contributed by atoms with van der Waals surface area (Å²) >= 11 is 5.90. The number of para-hydroxylation sites is 1. The summed E-state index contributed by atoms with van der Waals surface area (Å²) in [5, 5.41) is 0. The Labute approximate surface area is 128 Å². The van der Waals surface area contributed by atoms with Crippen molar-refractivity contribution >= 4 is 22.6 Å². The average Bonchev–Trinajstić information content (AvgIpc) is 2.84. The zero-order chi connectivity index (χ0) is 14.8. The zero-order valence-corrected chi connectivity index (χ0v) is 12.6. The van der Waals surface area contributed by atoms with Crippen LogP contribution in [0.15, 0.2) is 42.5 Å². The SMILES string of the molecule is CCc1ccccc1-n1c(CCCl)nc2ccc(F)cc21. The maximum absolute atomic E-state index is 13.6. The molecule has 108 valence electrons. The van der Waals surface area contributed by atoms with Crippen LogP contribution >= 0.6 is 11.6 Å². The van der Waals surface area contributed by atoms with Gasteiger partial charge in [-0.15, -0.1) is 11.6 Å². The third-order valence-corrected chi connectivity index (χ3v) is 3.81. The molecule has 0 spiro atoms. The fraction of sp³-hybridized carbons (Fsp3) is 0.235. The van der Waals surface area contributed by atoms with Gasteiger partial charge in [-0.05, 0) is 30.2 Å². The molecule has 4 heteroatoms. The molecule has 0 radical (unpaired) electrons. The molecular weight excluding hydrogens is 287 g/mol. The van der Waals surface area contributed by atoms with E-state index in [0.29, 0.717) is 12.3 Å². The first-order valence-corrected chi connectivity index (χ1v) is 7.59. The van der Waals surface area contributed by atoms with E-state index in [2.05, 4.69) is 18.0 Å². The molecule has 0 aliphatic heterocycles. The van der Waals surface area contributed by atoms with Crippen LogP contribution in [0.5, 0.6) is 0 Å². The van der Waals surface area contributed by atoms with E-state index >= 15 is 0 Å². The Morgan fingerprint density at radius 3 is 2.76 bits per heavy atom. The van der Waals surface area contributed by atoms with Crippen LogP contribution in [-0.4, -0.2) is 15.4 Å². The van der Waals surface area contributed by atoms with Crippen molar-refractivity contribution in [2.45, 2.75) is 19.8 Å². The molecule has 3 rings (SSSR count). The summed E-state index contributed by atoms with van der Waals surface area (Å²) in [6, 6.07) is 12.8. The zero-order valence-electron chi connectivity index (χ0n) is 11.8. The number of aromatic nitrogens is 2. The third-order valence-electron chi connectivity index (χ3n) is 3.62. The van der Waals surface area contributed by atoms with Gasteiger partial charge < -0.3 is 0 Å². The van der Waals surface area contributed by atoms with Gasteiger partial charge in [0.2, 0.25) is 0 Å². The lowest BCUT2D eigenvalue weighted by Crippen LogP contribution is -2.05. The number of fused-ring (bicyclic) bond motifs is 1. The van der Waals surface area contributed by atoms with Gasteiger partial charge in [0.05, 0.1) is 16.7 Å². The minimum absolute atomic E-state index is 0.255. The van der Waals surface area contributed by atoms with Gasteiger partial charge in [-0.1, -0.05) is 25.1 Å². The van der Waals surface area contributed by atoms with Gasteiger partial charge in [-0.2, -0.15) is 0 Å². The first-order chi connectivity index (χ1) is 10.2. The predicted octanol–water partition coefficient (Wildman–Crippen LogP) is 4.51. The Kier molecular flexibility index (Phi) is 3.93. The Hall–Kier alpha value is -1.87. The summed E-state index contributed by atoms with van der Waals surface area (Å²) in [7, 11) is 0. The highest BCUT2D eigenvalue weighted by molar-refractivity contribution is 6.17. The number of imidazole rings is 1. The van der Waals surface area contributed by atoms with E-state index in [1.807, 2.05) is 22.8 Å².